The predicted octanol–water partition coefficient (Wildman–Crippen LogP) is 18.1. The average molecular weight is 937 g/mol. The third kappa shape index (κ3) is 4.86. The zero-order valence-corrected chi connectivity index (χ0v) is 40.3. The third-order valence-electron chi connectivity index (χ3n) is 17.4. The number of hydrogen-bond donors (Lipinski definition) is 0. The van der Waals surface area contributed by atoms with Gasteiger partial charge in [-0.05, 0) is 137 Å². The lowest BCUT2D eigenvalue weighted by Crippen LogP contribution is -2.33. The van der Waals surface area contributed by atoms with E-state index in [0.717, 1.165) is 17.1 Å². The molecule has 2 heterocycles. The average Bonchev–Trinajstić information content (AvgIpc) is 4.19. The number of anilines is 3. The summed E-state index contributed by atoms with van der Waals surface area (Å²) in [6, 6.07) is 101. The predicted molar refractivity (Wildman–Crippen MR) is 306 cm³/mol. The quantitative estimate of drug-likeness (QED) is 0.171. The molecule has 2 spiro atoms. The second-order valence-corrected chi connectivity index (χ2v) is 20.6. The number of benzene rings is 12. The van der Waals surface area contributed by atoms with Crippen LogP contribution >= 0.6 is 0 Å². The Morgan fingerprint density at radius 3 is 1.68 bits per heavy atom. The molecule has 74 heavy (non-hydrogen) atoms. The van der Waals surface area contributed by atoms with Gasteiger partial charge in [0.1, 0.15) is 0 Å². The molecule has 12 aromatic carbocycles. The summed E-state index contributed by atoms with van der Waals surface area (Å²) >= 11 is 0. The van der Waals surface area contributed by atoms with E-state index in [1.54, 1.807) is 0 Å². The SMILES string of the molecule is c1ccc(-c2cccc(N(c3ccc4c(c3)C3(c5ccccc5-c5ccccc53)c3ccc5ccccc5c3-4)c3cccc4c3-c3ccccc3C43c4ccccc4-n4c5ccccc5c5cccc3c54)c2)cc1. The minimum atomic E-state index is -0.595. The Bertz CT molecular complexity index is 4530. The summed E-state index contributed by atoms with van der Waals surface area (Å²) < 4.78 is 2.54. The molecule has 0 saturated heterocycles. The molecule has 0 saturated carbocycles. The van der Waals surface area contributed by atoms with E-state index in [0.29, 0.717) is 0 Å². The highest BCUT2D eigenvalue weighted by Crippen LogP contribution is 2.66. The van der Waals surface area contributed by atoms with E-state index in [9.17, 15) is 0 Å². The Kier molecular flexibility index (Phi) is 7.90. The number of rotatable bonds is 4. The molecular weight excluding hydrogens is 893 g/mol. The fourth-order valence-electron chi connectivity index (χ4n) is 14.7. The lowest BCUT2D eigenvalue weighted by molar-refractivity contribution is 0.748. The van der Waals surface area contributed by atoms with Crippen LogP contribution in [0.5, 0.6) is 0 Å². The van der Waals surface area contributed by atoms with Crippen molar-refractivity contribution in [3.05, 3.63) is 311 Å². The highest BCUT2D eigenvalue weighted by Gasteiger charge is 2.54. The minimum Gasteiger partial charge on any atom is -0.310 e. The largest absolute Gasteiger partial charge is 0.310 e. The van der Waals surface area contributed by atoms with E-state index in [1.165, 1.54) is 127 Å². The molecule has 1 aliphatic heterocycles. The van der Waals surface area contributed by atoms with Crippen LogP contribution in [-0.4, -0.2) is 4.57 Å². The monoisotopic (exact) mass is 936 g/mol. The van der Waals surface area contributed by atoms with Crippen molar-refractivity contribution in [3.8, 4) is 50.2 Å². The van der Waals surface area contributed by atoms with E-state index in [-0.39, 0.29) is 0 Å². The maximum atomic E-state index is 2.58. The van der Waals surface area contributed by atoms with Gasteiger partial charge in [-0.1, -0.05) is 224 Å². The second kappa shape index (κ2) is 14.6. The smallest absolute Gasteiger partial charge is 0.0755 e. The van der Waals surface area contributed by atoms with Crippen molar-refractivity contribution in [1.29, 1.82) is 0 Å². The first kappa shape index (κ1) is 40.1. The van der Waals surface area contributed by atoms with Crippen molar-refractivity contribution in [2.24, 2.45) is 0 Å². The van der Waals surface area contributed by atoms with Crippen LogP contribution in [0, 0.1) is 0 Å². The molecule has 1 aromatic heterocycles. The van der Waals surface area contributed by atoms with Crippen LogP contribution < -0.4 is 4.90 Å². The molecule has 1 atom stereocenters. The molecule has 3 aliphatic carbocycles. The number of nitrogens with zero attached hydrogens (tertiary/aromatic N) is 2. The van der Waals surface area contributed by atoms with Gasteiger partial charge in [-0.2, -0.15) is 0 Å². The van der Waals surface area contributed by atoms with Crippen LogP contribution in [0.1, 0.15) is 44.5 Å². The van der Waals surface area contributed by atoms with Gasteiger partial charge in [-0.25, -0.2) is 0 Å². The molecule has 2 heteroatoms. The highest BCUT2D eigenvalue weighted by molar-refractivity contribution is 6.14. The Morgan fingerprint density at radius 1 is 0.297 bits per heavy atom. The summed E-state index contributed by atoms with van der Waals surface area (Å²) in [7, 11) is 0. The van der Waals surface area contributed by atoms with Gasteiger partial charge in [0.05, 0.1) is 33.2 Å². The van der Waals surface area contributed by atoms with Crippen LogP contribution in [0.15, 0.2) is 267 Å². The molecule has 1 unspecified atom stereocenters. The number of hydrogen-bond acceptors (Lipinski definition) is 1. The van der Waals surface area contributed by atoms with Crippen molar-refractivity contribution >= 4 is 49.6 Å². The standard InChI is InChI=1S/C72H44N2/c1-2-19-45(20-3-1)47-22-16-23-48(43-47)73(49-40-41-56-64(44-49)71(62-42-39-46-21-4-5-24-50(46)68(56)62)57-30-10-6-25-51(57)52-26-7-11-31-58(52)71)67-38-18-34-61-69(67)55-28-8-12-32-59(55)72(61)60-33-13-15-37-66(60)74-65-36-14-9-27-53(65)54-29-17-35-63(72)70(54)74/h1-44H. The lowest BCUT2D eigenvalue weighted by atomic mass is 9.65. The summed E-state index contributed by atoms with van der Waals surface area (Å²) in [5.41, 5.74) is 26.6. The van der Waals surface area contributed by atoms with Gasteiger partial charge in [0.2, 0.25) is 0 Å². The maximum absolute atomic E-state index is 2.58. The molecule has 0 fully saturated rings. The van der Waals surface area contributed by atoms with Crippen LogP contribution in [0.3, 0.4) is 0 Å². The van der Waals surface area contributed by atoms with Crippen molar-refractivity contribution in [2.75, 3.05) is 4.90 Å². The lowest BCUT2D eigenvalue weighted by Gasteiger charge is -2.39. The summed E-state index contributed by atoms with van der Waals surface area (Å²) in [5, 5.41) is 5.10. The molecule has 4 aliphatic rings. The normalized spacial score (nSPS) is 15.5. The van der Waals surface area contributed by atoms with Crippen LogP contribution in [0.2, 0.25) is 0 Å². The molecule has 0 bridgehead atoms. The molecule has 2 nitrogen and oxygen atoms in total. The molecule has 0 N–H and O–H groups in total. The second-order valence-electron chi connectivity index (χ2n) is 20.6. The van der Waals surface area contributed by atoms with E-state index in [1.807, 2.05) is 0 Å². The van der Waals surface area contributed by atoms with Crippen molar-refractivity contribution in [2.45, 2.75) is 10.8 Å². The van der Waals surface area contributed by atoms with Gasteiger partial charge in [-0.3, -0.25) is 0 Å². The Morgan fingerprint density at radius 2 is 0.851 bits per heavy atom. The fourth-order valence-corrected chi connectivity index (χ4v) is 14.7. The van der Waals surface area contributed by atoms with Gasteiger partial charge >= 0.3 is 0 Å². The molecule has 17 rings (SSSR count). The van der Waals surface area contributed by atoms with E-state index in [2.05, 4.69) is 276 Å². The van der Waals surface area contributed by atoms with Crippen molar-refractivity contribution in [3.63, 3.8) is 0 Å². The summed E-state index contributed by atoms with van der Waals surface area (Å²) in [6.45, 7) is 0. The van der Waals surface area contributed by atoms with Crippen molar-refractivity contribution in [1.82, 2.24) is 4.57 Å². The minimum absolute atomic E-state index is 0.534. The van der Waals surface area contributed by atoms with Gasteiger partial charge < -0.3 is 9.47 Å². The first-order valence-electron chi connectivity index (χ1n) is 25.9. The Hall–Kier alpha value is -9.50. The molecule has 0 amide bonds. The Labute approximate surface area is 429 Å². The number of fused-ring (bicyclic) bond motifs is 24. The molecule has 13 aromatic rings. The molecular formula is C72H44N2. The zero-order valence-electron chi connectivity index (χ0n) is 40.3. The first-order valence-corrected chi connectivity index (χ1v) is 25.9. The van der Waals surface area contributed by atoms with E-state index < -0.39 is 10.8 Å². The van der Waals surface area contributed by atoms with Crippen LogP contribution in [-0.2, 0) is 10.8 Å². The van der Waals surface area contributed by atoms with Gasteiger partial charge in [0.15, 0.2) is 0 Å². The highest BCUT2D eigenvalue weighted by atomic mass is 15.1. The maximum Gasteiger partial charge on any atom is 0.0755 e. The van der Waals surface area contributed by atoms with Gasteiger partial charge in [0, 0.05) is 27.7 Å². The summed E-state index contributed by atoms with van der Waals surface area (Å²) in [5.74, 6) is 0. The Balaban J connectivity index is 0.985. The summed E-state index contributed by atoms with van der Waals surface area (Å²) in [4.78, 5) is 2.58. The van der Waals surface area contributed by atoms with Crippen LogP contribution in [0.25, 0.3) is 82.8 Å². The summed E-state index contributed by atoms with van der Waals surface area (Å²) in [6.07, 6.45) is 0. The molecule has 342 valence electrons. The van der Waals surface area contributed by atoms with Gasteiger partial charge in [-0.15, -0.1) is 0 Å². The number of aromatic nitrogens is 1. The van der Waals surface area contributed by atoms with Crippen molar-refractivity contribution < 1.29 is 0 Å². The first-order chi connectivity index (χ1) is 36.7. The third-order valence-corrected chi connectivity index (χ3v) is 17.4. The van der Waals surface area contributed by atoms with Gasteiger partial charge in [0.25, 0.3) is 0 Å². The fraction of sp³-hybridized carbons (Fsp3) is 0.0278. The number of para-hydroxylation sites is 3. The molecule has 0 radical (unpaired) electrons. The van der Waals surface area contributed by atoms with E-state index in [4.69, 9.17) is 0 Å². The topological polar surface area (TPSA) is 8.17 Å². The van der Waals surface area contributed by atoms with E-state index >= 15 is 0 Å². The zero-order chi connectivity index (χ0) is 48.3. The van der Waals surface area contributed by atoms with Crippen LogP contribution in [0.4, 0.5) is 17.1 Å².